The van der Waals surface area contributed by atoms with E-state index >= 15 is 0 Å². The van der Waals surface area contributed by atoms with Gasteiger partial charge in [-0.25, -0.2) is 13.6 Å². The van der Waals surface area contributed by atoms with Crippen molar-refractivity contribution in [3.63, 3.8) is 0 Å². The number of esters is 1. The van der Waals surface area contributed by atoms with E-state index in [-0.39, 0.29) is 42.3 Å². The van der Waals surface area contributed by atoms with Crippen molar-refractivity contribution in [2.75, 3.05) is 19.8 Å². The van der Waals surface area contributed by atoms with Crippen LogP contribution in [0, 0.1) is 10.1 Å². The monoisotopic (exact) mass is 437 g/mol. The van der Waals surface area contributed by atoms with E-state index in [1.807, 2.05) is 0 Å². The first-order valence-corrected chi connectivity index (χ1v) is 10.2. The molecular weight excluding hydrogens is 418 g/mol. The summed E-state index contributed by atoms with van der Waals surface area (Å²) in [6, 6.07) is 10.5. The number of benzene rings is 2. The van der Waals surface area contributed by atoms with Crippen LogP contribution in [-0.2, 0) is 19.6 Å². The average molecular weight is 437 g/mol. The predicted octanol–water partition coefficient (Wildman–Crippen LogP) is 0.984. The van der Waals surface area contributed by atoms with E-state index in [9.17, 15) is 28.1 Å². The molecule has 11 nitrogen and oxygen atoms in total. The van der Waals surface area contributed by atoms with Gasteiger partial charge >= 0.3 is 5.97 Å². The number of nitrogens with zero attached hydrogens (tertiary/aromatic N) is 1. The highest BCUT2D eigenvalue weighted by Gasteiger charge is 2.11. The number of nitro groups is 1. The largest absolute Gasteiger partial charge is 0.490 e. The van der Waals surface area contributed by atoms with Crippen molar-refractivity contribution >= 4 is 27.6 Å². The second-order valence-electron chi connectivity index (χ2n) is 5.90. The molecule has 0 fully saturated rings. The van der Waals surface area contributed by atoms with E-state index < -0.39 is 26.8 Å². The van der Waals surface area contributed by atoms with Crippen LogP contribution in [0.3, 0.4) is 0 Å². The summed E-state index contributed by atoms with van der Waals surface area (Å²) in [6.07, 6.45) is -0.0677. The Morgan fingerprint density at radius 2 is 1.67 bits per heavy atom. The van der Waals surface area contributed by atoms with Crippen molar-refractivity contribution in [2.24, 2.45) is 5.14 Å². The van der Waals surface area contributed by atoms with Crippen LogP contribution < -0.4 is 15.2 Å². The number of non-ortho nitro benzene ring substituents is 1. The maximum Gasteiger partial charge on any atom is 0.307 e. The van der Waals surface area contributed by atoms with E-state index in [1.54, 1.807) is 0 Å². The molecule has 2 rings (SSSR count). The average Bonchev–Trinajstić information content (AvgIpc) is 2.71. The lowest BCUT2D eigenvalue weighted by Crippen LogP contribution is -2.26. The summed E-state index contributed by atoms with van der Waals surface area (Å²) in [7, 11) is -3.78. The summed E-state index contributed by atoms with van der Waals surface area (Å²) in [6.45, 7) is 0.0478. The molecule has 0 spiro atoms. The Balaban J connectivity index is 1.64. The zero-order valence-electron chi connectivity index (χ0n) is 15.6. The van der Waals surface area contributed by atoms with Crippen LogP contribution in [0.25, 0.3) is 0 Å². The number of sulfonamides is 1. The van der Waals surface area contributed by atoms with E-state index in [0.29, 0.717) is 5.75 Å². The number of ether oxygens (including phenoxy) is 2. The lowest BCUT2D eigenvalue weighted by Gasteiger charge is -2.08. The van der Waals surface area contributed by atoms with E-state index in [4.69, 9.17) is 14.6 Å². The van der Waals surface area contributed by atoms with Crippen LogP contribution in [0.15, 0.2) is 53.4 Å². The minimum absolute atomic E-state index is 0.0323. The van der Waals surface area contributed by atoms with E-state index in [0.717, 1.165) is 0 Å². The number of nitrogens with one attached hydrogen (secondary N) is 1. The van der Waals surface area contributed by atoms with Crippen LogP contribution in [0.1, 0.15) is 16.8 Å². The van der Waals surface area contributed by atoms with Gasteiger partial charge in [-0.05, 0) is 36.4 Å². The molecule has 2 aromatic carbocycles. The molecule has 3 N–H and O–H groups in total. The van der Waals surface area contributed by atoms with Gasteiger partial charge < -0.3 is 14.8 Å². The number of amides is 1. The summed E-state index contributed by atoms with van der Waals surface area (Å²) in [5, 5.41) is 18.1. The Labute approximate surface area is 172 Å². The molecule has 0 unspecified atom stereocenters. The Morgan fingerprint density at radius 1 is 1.03 bits per heavy atom. The summed E-state index contributed by atoms with van der Waals surface area (Å²) in [4.78, 5) is 33.5. The smallest absolute Gasteiger partial charge is 0.307 e. The number of hydrogen-bond acceptors (Lipinski definition) is 8. The summed E-state index contributed by atoms with van der Waals surface area (Å²) < 4.78 is 32.6. The minimum Gasteiger partial charge on any atom is -0.490 e. The second-order valence-corrected chi connectivity index (χ2v) is 7.46. The lowest BCUT2D eigenvalue weighted by molar-refractivity contribution is -0.384. The van der Waals surface area contributed by atoms with Gasteiger partial charge in [0, 0.05) is 24.2 Å². The van der Waals surface area contributed by atoms with Crippen LogP contribution in [-0.4, -0.2) is 45.0 Å². The first-order chi connectivity index (χ1) is 14.2. The predicted molar refractivity (Wildman–Crippen MR) is 104 cm³/mol. The normalized spacial score (nSPS) is 10.8. The summed E-state index contributed by atoms with van der Waals surface area (Å²) >= 11 is 0. The van der Waals surface area contributed by atoms with Crippen molar-refractivity contribution in [1.29, 1.82) is 0 Å². The van der Waals surface area contributed by atoms with Crippen LogP contribution in [0.2, 0.25) is 0 Å². The molecule has 2 aromatic rings. The number of nitro benzene ring substituents is 1. The number of carbonyl (C=O) groups is 2. The first kappa shape index (κ1) is 22.8. The van der Waals surface area contributed by atoms with Crippen molar-refractivity contribution in [3.8, 4) is 5.75 Å². The molecule has 12 heteroatoms. The van der Waals surface area contributed by atoms with E-state index in [1.165, 1.54) is 48.5 Å². The zero-order chi connectivity index (χ0) is 22.1. The third-order valence-corrected chi connectivity index (χ3v) is 4.65. The topological polar surface area (TPSA) is 168 Å². The molecule has 0 atom stereocenters. The first-order valence-electron chi connectivity index (χ1n) is 8.61. The molecule has 0 radical (unpaired) electrons. The maximum absolute atomic E-state index is 11.9. The molecule has 0 saturated heterocycles. The molecule has 0 aliphatic heterocycles. The van der Waals surface area contributed by atoms with Gasteiger partial charge in [-0.1, -0.05) is 0 Å². The van der Waals surface area contributed by atoms with Crippen LogP contribution in [0.5, 0.6) is 5.75 Å². The molecule has 0 bridgehead atoms. The van der Waals surface area contributed by atoms with Crippen molar-refractivity contribution in [2.45, 2.75) is 11.3 Å². The molecule has 0 aromatic heterocycles. The Morgan fingerprint density at radius 3 is 2.23 bits per heavy atom. The Hall–Kier alpha value is -3.51. The number of rotatable bonds is 10. The Bertz CT molecular complexity index is 1000. The molecule has 160 valence electrons. The SMILES string of the molecule is NS(=O)(=O)c1ccc(OCCOC(=O)CCNC(=O)c2ccc([N+](=O)[O-])cc2)cc1. The summed E-state index contributed by atoms with van der Waals surface area (Å²) in [5.74, 6) is -0.634. The highest BCUT2D eigenvalue weighted by atomic mass is 32.2. The van der Waals surface area contributed by atoms with Gasteiger partial charge in [0.05, 0.1) is 16.2 Å². The van der Waals surface area contributed by atoms with Crippen molar-refractivity contribution < 1.29 is 32.4 Å². The fraction of sp³-hybridized carbons (Fsp3) is 0.222. The van der Waals surface area contributed by atoms with Gasteiger partial charge in [0.25, 0.3) is 11.6 Å². The van der Waals surface area contributed by atoms with Crippen molar-refractivity contribution in [1.82, 2.24) is 5.32 Å². The standard InChI is InChI=1S/C18H19N3O8S/c19-30(26,27)16-7-5-15(6-8-16)28-11-12-29-17(22)9-10-20-18(23)13-1-3-14(4-2-13)21(24)25/h1-8H,9-12H2,(H,20,23)(H2,19,26,27). The van der Waals surface area contributed by atoms with Gasteiger partial charge in [0.15, 0.2) is 0 Å². The maximum atomic E-state index is 11.9. The number of primary sulfonamides is 1. The van der Waals surface area contributed by atoms with Gasteiger partial charge in [0.1, 0.15) is 19.0 Å². The Kier molecular flexibility index (Phi) is 7.83. The molecule has 0 heterocycles. The zero-order valence-corrected chi connectivity index (χ0v) is 16.5. The third kappa shape index (κ3) is 7.14. The fourth-order valence-electron chi connectivity index (χ4n) is 2.23. The minimum atomic E-state index is -3.78. The van der Waals surface area contributed by atoms with Crippen molar-refractivity contribution in [3.05, 3.63) is 64.2 Å². The molecule has 1 amide bonds. The highest BCUT2D eigenvalue weighted by Crippen LogP contribution is 2.14. The van der Waals surface area contributed by atoms with Gasteiger partial charge in [-0.3, -0.25) is 19.7 Å². The molecular formula is C18H19N3O8S. The molecule has 0 aliphatic rings. The second kappa shape index (κ2) is 10.3. The highest BCUT2D eigenvalue weighted by molar-refractivity contribution is 7.89. The molecule has 0 saturated carbocycles. The molecule has 30 heavy (non-hydrogen) atoms. The van der Waals surface area contributed by atoms with Crippen LogP contribution >= 0.6 is 0 Å². The molecule has 0 aliphatic carbocycles. The van der Waals surface area contributed by atoms with E-state index in [2.05, 4.69) is 5.32 Å². The number of hydrogen-bond donors (Lipinski definition) is 2. The summed E-state index contributed by atoms with van der Waals surface area (Å²) in [5.41, 5.74) is 0.105. The third-order valence-electron chi connectivity index (χ3n) is 3.72. The quantitative estimate of drug-likeness (QED) is 0.240. The van der Waals surface area contributed by atoms with Gasteiger partial charge in [0.2, 0.25) is 10.0 Å². The fourth-order valence-corrected chi connectivity index (χ4v) is 2.74. The number of nitrogens with two attached hydrogens (primary N) is 1. The lowest BCUT2D eigenvalue weighted by atomic mass is 10.2. The number of carbonyl (C=O) groups excluding carboxylic acids is 2. The van der Waals surface area contributed by atoms with Gasteiger partial charge in [-0.15, -0.1) is 0 Å². The van der Waals surface area contributed by atoms with Crippen LogP contribution in [0.4, 0.5) is 5.69 Å². The van der Waals surface area contributed by atoms with Gasteiger partial charge in [-0.2, -0.15) is 0 Å².